The largest absolute Gasteiger partial charge is 0.425 e. The molecule has 3 atom stereocenters. The second kappa shape index (κ2) is 12.5. The fourth-order valence-corrected chi connectivity index (χ4v) is 4.49. The molecule has 1 saturated heterocycles. The van der Waals surface area contributed by atoms with E-state index in [4.69, 9.17) is 4.74 Å². The summed E-state index contributed by atoms with van der Waals surface area (Å²) in [5, 5.41) is 5.31. The van der Waals surface area contributed by atoms with E-state index in [2.05, 4.69) is 10.6 Å². The number of alkyl carbamates (subject to hydrolysis) is 1. The average Bonchev–Trinajstić information content (AvgIpc) is 3.19. The van der Waals surface area contributed by atoms with Crippen LogP contribution in [0.4, 0.5) is 4.79 Å². The molecule has 0 aromatic heterocycles. The van der Waals surface area contributed by atoms with Gasteiger partial charge in [0.25, 0.3) is 11.8 Å². The van der Waals surface area contributed by atoms with Gasteiger partial charge in [-0.05, 0) is 36.5 Å². The maximum atomic E-state index is 13.1. The summed E-state index contributed by atoms with van der Waals surface area (Å²) in [7, 11) is 0. The van der Waals surface area contributed by atoms with Crippen molar-refractivity contribution < 1.29 is 23.9 Å². The maximum Gasteiger partial charge on any atom is 0.409 e. The van der Waals surface area contributed by atoms with Crippen LogP contribution in [-0.4, -0.2) is 47.4 Å². The Labute approximate surface area is 218 Å². The van der Waals surface area contributed by atoms with Crippen molar-refractivity contribution in [1.29, 1.82) is 0 Å². The third kappa shape index (κ3) is 7.65. The first-order valence-electron chi connectivity index (χ1n) is 12.8. The van der Waals surface area contributed by atoms with E-state index in [9.17, 15) is 19.2 Å². The van der Waals surface area contributed by atoms with Crippen LogP contribution < -0.4 is 10.6 Å². The first-order chi connectivity index (χ1) is 17.6. The van der Waals surface area contributed by atoms with E-state index >= 15 is 0 Å². The molecular formula is C29H37N3O5. The number of nitrogens with zero attached hydrogens (tertiary/aromatic N) is 1. The Morgan fingerprint density at radius 1 is 1.00 bits per heavy atom. The van der Waals surface area contributed by atoms with Gasteiger partial charge >= 0.3 is 6.09 Å². The molecule has 3 rings (SSSR count). The Bertz CT molecular complexity index is 1090. The number of ether oxygens (including phenoxy) is 1. The third-order valence-corrected chi connectivity index (χ3v) is 6.52. The zero-order chi connectivity index (χ0) is 27.0. The number of hydrogen-bond donors (Lipinski definition) is 2. The number of rotatable bonds is 10. The van der Waals surface area contributed by atoms with E-state index in [1.165, 1.54) is 0 Å². The Morgan fingerprint density at radius 3 is 2.24 bits per heavy atom. The van der Waals surface area contributed by atoms with Gasteiger partial charge in [-0.2, -0.15) is 0 Å². The number of benzene rings is 2. The molecule has 2 aromatic carbocycles. The standard InChI is InChI=1S/C29H37N3O5/c1-5-6-17-23(25(33)26(34)30-20(2)21-13-9-7-10-14-21)31-28(36)37-24-18-29(3,4)19-32(24)27(35)22-15-11-8-12-16-22/h7-16,20,23-24H,5-6,17-19H2,1-4H3,(H,30,34)(H,31,36)/t20-,23+,24?/m1/s1. The van der Waals surface area contributed by atoms with Crippen molar-refractivity contribution >= 4 is 23.7 Å². The van der Waals surface area contributed by atoms with Gasteiger partial charge in [-0.1, -0.05) is 82.1 Å². The number of carbonyl (C=O) groups excluding carboxylic acids is 4. The lowest BCUT2D eigenvalue weighted by Gasteiger charge is -2.26. The van der Waals surface area contributed by atoms with Crippen molar-refractivity contribution in [1.82, 2.24) is 15.5 Å². The lowest BCUT2D eigenvalue weighted by Crippen LogP contribution is -2.49. The van der Waals surface area contributed by atoms with Gasteiger partial charge in [0.05, 0.1) is 6.04 Å². The SMILES string of the molecule is CCCC[C@H](NC(=O)OC1CC(C)(C)CN1C(=O)c1ccccc1)C(=O)C(=O)N[C@H](C)c1ccccc1. The second-order valence-corrected chi connectivity index (χ2v) is 10.3. The highest BCUT2D eigenvalue weighted by Crippen LogP contribution is 2.35. The molecule has 8 heteroatoms. The van der Waals surface area contributed by atoms with Crippen molar-refractivity contribution in [2.24, 2.45) is 5.41 Å². The van der Waals surface area contributed by atoms with E-state index in [0.29, 0.717) is 31.4 Å². The molecular weight excluding hydrogens is 470 g/mol. The normalized spacial score (nSPS) is 17.9. The maximum absolute atomic E-state index is 13.1. The summed E-state index contributed by atoms with van der Waals surface area (Å²) in [5.74, 6) is -1.71. The minimum absolute atomic E-state index is 0.225. The average molecular weight is 508 g/mol. The van der Waals surface area contributed by atoms with Gasteiger partial charge in [-0.25, -0.2) is 4.79 Å². The molecule has 198 valence electrons. The third-order valence-electron chi connectivity index (χ3n) is 6.52. The summed E-state index contributed by atoms with van der Waals surface area (Å²) in [6.45, 7) is 8.20. The van der Waals surface area contributed by atoms with Crippen molar-refractivity contribution in [3.8, 4) is 0 Å². The molecule has 1 fully saturated rings. The van der Waals surface area contributed by atoms with Gasteiger partial charge in [0.1, 0.15) is 6.04 Å². The Morgan fingerprint density at radius 2 is 1.62 bits per heavy atom. The van der Waals surface area contributed by atoms with Gasteiger partial charge in [0.2, 0.25) is 5.78 Å². The fraction of sp³-hybridized carbons (Fsp3) is 0.448. The number of likely N-dealkylation sites (tertiary alicyclic amines) is 1. The second-order valence-electron chi connectivity index (χ2n) is 10.3. The molecule has 1 aliphatic rings. The summed E-state index contributed by atoms with van der Waals surface area (Å²) in [6, 6.07) is 16.8. The molecule has 37 heavy (non-hydrogen) atoms. The Balaban J connectivity index is 1.66. The number of unbranched alkanes of at least 4 members (excludes halogenated alkanes) is 1. The van der Waals surface area contributed by atoms with E-state index in [1.807, 2.05) is 57.2 Å². The molecule has 0 bridgehead atoms. The van der Waals surface area contributed by atoms with Gasteiger partial charge in [-0.15, -0.1) is 0 Å². The van der Waals surface area contributed by atoms with Gasteiger partial charge in [0, 0.05) is 18.5 Å². The lowest BCUT2D eigenvalue weighted by molar-refractivity contribution is -0.139. The Hall–Kier alpha value is -3.68. The quantitative estimate of drug-likeness (QED) is 0.457. The summed E-state index contributed by atoms with van der Waals surface area (Å²) in [6.07, 6.45) is 0.595. The number of Topliss-reactive ketones (excluding diaryl/α,β-unsaturated/α-hetero) is 1. The summed E-state index contributed by atoms with van der Waals surface area (Å²) in [5.41, 5.74) is 1.13. The zero-order valence-corrected chi connectivity index (χ0v) is 22.0. The highest BCUT2D eigenvalue weighted by molar-refractivity contribution is 6.38. The molecule has 0 saturated carbocycles. The van der Waals surface area contributed by atoms with Crippen molar-refractivity contribution in [2.45, 2.75) is 71.7 Å². The predicted molar refractivity (Wildman–Crippen MR) is 141 cm³/mol. The first-order valence-corrected chi connectivity index (χ1v) is 12.8. The van der Waals surface area contributed by atoms with E-state index in [-0.39, 0.29) is 17.4 Å². The summed E-state index contributed by atoms with van der Waals surface area (Å²) < 4.78 is 5.66. The van der Waals surface area contributed by atoms with Gasteiger partial charge in [0.15, 0.2) is 6.23 Å². The molecule has 1 heterocycles. The minimum atomic E-state index is -1.02. The molecule has 0 radical (unpaired) electrons. The van der Waals surface area contributed by atoms with Crippen molar-refractivity contribution in [2.75, 3.05) is 6.54 Å². The smallest absolute Gasteiger partial charge is 0.409 e. The highest BCUT2D eigenvalue weighted by Gasteiger charge is 2.43. The Kier molecular flexibility index (Phi) is 9.44. The number of carbonyl (C=O) groups is 4. The molecule has 0 aliphatic carbocycles. The number of nitrogens with one attached hydrogen (secondary N) is 2. The monoisotopic (exact) mass is 507 g/mol. The van der Waals surface area contributed by atoms with Crippen LogP contribution in [0.1, 0.15) is 75.3 Å². The van der Waals surface area contributed by atoms with Gasteiger partial charge in [-0.3, -0.25) is 14.4 Å². The number of hydrogen-bond acceptors (Lipinski definition) is 5. The topological polar surface area (TPSA) is 105 Å². The highest BCUT2D eigenvalue weighted by atomic mass is 16.6. The van der Waals surface area contributed by atoms with Gasteiger partial charge < -0.3 is 20.3 Å². The molecule has 1 unspecified atom stereocenters. The minimum Gasteiger partial charge on any atom is -0.425 e. The van der Waals surface area contributed by atoms with E-state index in [0.717, 1.165) is 12.0 Å². The lowest BCUT2D eigenvalue weighted by atomic mass is 9.93. The molecule has 0 spiro atoms. The van der Waals surface area contributed by atoms with Crippen molar-refractivity contribution in [3.05, 3.63) is 71.8 Å². The predicted octanol–water partition coefficient (Wildman–Crippen LogP) is 4.62. The summed E-state index contributed by atoms with van der Waals surface area (Å²) >= 11 is 0. The van der Waals surface area contributed by atoms with Crippen LogP contribution in [0.3, 0.4) is 0 Å². The van der Waals surface area contributed by atoms with Crippen LogP contribution in [0.5, 0.6) is 0 Å². The molecule has 1 aliphatic heterocycles. The van der Waals surface area contributed by atoms with Crippen LogP contribution in [0.2, 0.25) is 0 Å². The van der Waals surface area contributed by atoms with E-state index in [1.54, 1.807) is 36.1 Å². The van der Waals surface area contributed by atoms with Crippen LogP contribution in [0.15, 0.2) is 60.7 Å². The van der Waals surface area contributed by atoms with Crippen LogP contribution in [0, 0.1) is 5.41 Å². The van der Waals surface area contributed by atoms with Crippen LogP contribution in [0.25, 0.3) is 0 Å². The molecule has 2 aromatic rings. The van der Waals surface area contributed by atoms with Crippen LogP contribution >= 0.6 is 0 Å². The van der Waals surface area contributed by atoms with Crippen molar-refractivity contribution in [3.63, 3.8) is 0 Å². The summed E-state index contributed by atoms with van der Waals surface area (Å²) in [4.78, 5) is 53.3. The van der Waals surface area contributed by atoms with E-state index < -0.39 is 30.1 Å². The first kappa shape index (κ1) is 27.9. The fourth-order valence-electron chi connectivity index (χ4n) is 4.49. The zero-order valence-electron chi connectivity index (χ0n) is 22.0. The molecule has 8 nitrogen and oxygen atoms in total. The number of amides is 3. The molecule has 3 amide bonds. The molecule has 2 N–H and O–H groups in total. The van der Waals surface area contributed by atoms with Crippen LogP contribution in [-0.2, 0) is 14.3 Å². The number of ketones is 1.